The minimum absolute atomic E-state index is 0.0741. The van der Waals surface area contributed by atoms with Gasteiger partial charge < -0.3 is 9.47 Å². The molecule has 1 aromatic rings. The molecule has 1 aromatic carbocycles. The first-order chi connectivity index (χ1) is 12.0. The van der Waals surface area contributed by atoms with Crippen LogP contribution in [0.1, 0.15) is 25.5 Å². The second-order valence-corrected chi connectivity index (χ2v) is 7.26. The van der Waals surface area contributed by atoms with Gasteiger partial charge in [-0.25, -0.2) is 9.79 Å². The van der Waals surface area contributed by atoms with Crippen LogP contribution in [0.5, 0.6) is 5.75 Å². The van der Waals surface area contributed by atoms with Gasteiger partial charge >= 0.3 is 5.97 Å². The number of methoxy groups -OCH3 is 1. The van der Waals surface area contributed by atoms with Gasteiger partial charge in [0.15, 0.2) is 5.17 Å². The second-order valence-electron chi connectivity index (χ2n) is 5.46. The van der Waals surface area contributed by atoms with Gasteiger partial charge in [0.2, 0.25) is 5.91 Å². The number of esters is 1. The maximum atomic E-state index is 12.6. The lowest BCUT2D eigenvalue weighted by atomic mass is 9.94. The number of allylic oxidation sites excluding steroid dienone is 1. The maximum absolute atomic E-state index is 12.6. The third-order valence-electron chi connectivity index (χ3n) is 3.97. The Balaban J connectivity index is 2.14. The molecule has 132 valence electrons. The van der Waals surface area contributed by atoms with Crippen molar-refractivity contribution < 1.29 is 19.1 Å². The fourth-order valence-electron chi connectivity index (χ4n) is 2.88. The third kappa shape index (κ3) is 3.20. The highest BCUT2D eigenvalue weighted by Gasteiger charge is 2.43. The lowest BCUT2D eigenvalue weighted by molar-refractivity contribution is -0.139. The van der Waals surface area contributed by atoms with E-state index in [1.807, 2.05) is 12.1 Å². The van der Waals surface area contributed by atoms with Crippen molar-refractivity contribution in [2.75, 3.05) is 19.5 Å². The number of thioether (sulfide) groups is 1. The molecule has 25 heavy (non-hydrogen) atoms. The molecule has 0 aliphatic carbocycles. The third-order valence-corrected chi connectivity index (χ3v) is 5.53. The highest BCUT2D eigenvalue weighted by molar-refractivity contribution is 9.10. The van der Waals surface area contributed by atoms with Crippen LogP contribution in [0, 0.1) is 0 Å². The highest BCUT2D eigenvalue weighted by atomic mass is 79.9. The first-order valence-corrected chi connectivity index (χ1v) is 9.50. The molecular weight excluding hydrogens is 408 g/mol. The Morgan fingerprint density at radius 2 is 2.24 bits per heavy atom. The van der Waals surface area contributed by atoms with Gasteiger partial charge in [-0.05, 0) is 47.5 Å². The van der Waals surface area contributed by atoms with Gasteiger partial charge in [0.05, 0.1) is 41.3 Å². The number of carbonyl (C=O) groups is 2. The Morgan fingerprint density at radius 1 is 1.48 bits per heavy atom. The molecule has 1 saturated heterocycles. The molecular formula is C17H17BrN2O4S. The molecule has 6 nitrogen and oxygen atoms in total. The number of amides is 1. The van der Waals surface area contributed by atoms with E-state index >= 15 is 0 Å². The number of ether oxygens (including phenoxy) is 2. The standard InChI is InChI=1S/C17H17BrN2O4S/c1-4-24-16(22)14-9(2)19-17-20(13(21)8-25-17)15(14)10-5-6-12(23-3)11(18)7-10/h5-7,15H,4,8H2,1-3H3. The molecule has 1 atom stereocenters. The predicted octanol–water partition coefficient (Wildman–Crippen LogP) is 3.28. The molecule has 8 heteroatoms. The van der Waals surface area contributed by atoms with Crippen molar-refractivity contribution in [2.45, 2.75) is 19.9 Å². The van der Waals surface area contributed by atoms with Gasteiger partial charge in [-0.1, -0.05) is 17.8 Å². The summed E-state index contributed by atoms with van der Waals surface area (Å²) >= 11 is 4.85. The number of carbonyl (C=O) groups excluding carboxylic acids is 2. The van der Waals surface area contributed by atoms with Crippen molar-refractivity contribution in [3.05, 3.63) is 39.5 Å². The first kappa shape index (κ1) is 18.0. The normalized spacial score (nSPS) is 19.7. The van der Waals surface area contributed by atoms with Crippen LogP contribution in [0.3, 0.4) is 0 Å². The summed E-state index contributed by atoms with van der Waals surface area (Å²) in [6.45, 7) is 3.78. The van der Waals surface area contributed by atoms with Crippen LogP contribution in [0.4, 0.5) is 0 Å². The van der Waals surface area contributed by atoms with Crippen LogP contribution in [-0.4, -0.2) is 41.4 Å². The molecule has 0 N–H and O–H groups in total. The lowest BCUT2D eigenvalue weighted by Gasteiger charge is -2.33. The Hall–Kier alpha value is -1.80. The molecule has 3 rings (SSSR count). The van der Waals surface area contributed by atoms with Crippen molar-refractivity contribution in [3.8, 4) is 5.75 Å². The second kappa shape index (κ2) is 7.21. The van der Waals surface area contributed by atoms with E-state index < -0.39 is 12.0 Å². The van der Waals surface area contributed by atoms with E-state index in [0.717, 1.165) is 10.0 Å². The zero-order valence-electron chi connectivity index (χ0n) is 14.0. The Kier molecular flexibility index (Phi) is 5.19. The van der Waals surface area contributed by atoms with E-state index in [0.29, 0.717) is 27.9 Å². The number of rotatable bonds is 4. The predicted molar refractivity (Wildman–Crippen MR) is 99.5 cm³/mol. The summed E-state index contributed by atoms with van der Waals surface area (Å²) in [4.78, 5) is 31.0. The van der Waals surface area contributed by atoms with Crippen molar-refractivity contribution in [2.24, 2.45) is 4.99 Å². The van der Waals surface area contributed by atoms with Crippen LogP contribution >= 0.6 is 27.7 Å². The minimum Gasteiger partial charge on any atom is -0.496 e. The van der Waals surface area contributed by atoms with E-state index in [4.69, 9.17) is 9.47 Å². The largest absolute Gasteiger partial charge is 0.496 e. The number of fused-ring (bicyclic) bond motifs is 1. The van der Waals surface area contributed by atoms with E-state index in [9.17, 15) is 9.59 Å². The number of amidine groups is 1. The highest BCUT2D eigenvalue weighted by Crippen LogP contribution is 2.42. The fraction of sp³-hybridized carbons (Fsp3) is 0.353. The molecule has 0 saturated carbocycles. The summed E-state index contributed by atoms with van der Waals surface area (Å²) in [7, 11) is 1.58. The number of hydrogen-bond donors (Lipinski definition) is 0. The zero-order chi connectivity index (χ0) is 18.1. The lowest BCUT2D eigenvalue weighted by Crippen LogP contribution is -2.39. The number of aliphatic imine (C=N–C) groups is 1. The first-order valence-electron chi connectivity index (χ1n) is 7.72. The summed E-state index contributed by atoms with van der Waals surface area (Å²) in [5.41, 5.74) is 1.75. The molecule has 1 fully saturated rings. The fourth-order valence-corrected chi connectivity index (χ4v) is 4.38. The number of nitrogens with zero attached hydrogens (tertiary/aromatic N) is 2. The van der Waals surface area contributed by atoms with Gasteiger partial charge in [0, 0.05) is 0 Å². The van der Waals surface area contributed by atoms with Gasteiger partial charge in [-0.2, -0.15) is 0 Å². The van der Waals surface area contributed by atoms with E-state index in [1.165, 1.54) is 11.8 Å². The van der Waals surface area contributed by atoms with Crippen LogP contribution in [-0.2, 0) is 14.3 Å². The quantitative estimate of drug-likeness (QED) is 0.693. The maximum Gasteiger partial charge on any atom is 0.338 e. The SMILES string of the molecule is CCOC(=O)C1=C(C)N=C2SCC(=O)N2C1c1ccc(OC)c(Br)c1. The molecule has 0 spiro atoms. The van der Waals surface area contributed by atoms with Crippen LogP contribution in [0.2, 0.25) is 0 Å². The van der Waals surface area contributed by atoms with E-state index in [2.05, 4.69) is 20.9 Å². The molecule has 0 aromatic heterocycles. The average Bonchev–Trinajstić information content (AvgIpc) is 2.94. The smallest absolute Gasteiger partial charge is 0.338 e. The Labute approximate surface area is 158 Å². The number of hydrogen-bond acceptors (Lipinski definition) is 6. The summed E-state index contributed by atoms with van der Waals surface area (Å²) in [6.07, 6.45) is 0. The zero-order valence-corrected chi connectivity index (χ0v) is 16.4. The Bertz CT molecular complexity index is 806. The molecule has 2 aliphatic heterocycles. The van der Waals surface area contributed by atoms with Crippen LogP contribution in [0.25, 0.3) is 0 Å². The minimum atomic E-state index is -0.559. The van der Waals surface area contributed by atoms with Crippen LogP contribution in [0.15, 0.2) is 38.9 Å². The molecule has 1 amide bonds. The molecule has 0 radical (unpaired) electrons. The topological polar surface area (TPSA) is 68.2 Å². The van der Waals surface area contributed by atoms with Gasteiger partial charge in [0.1, 0.15) is 5.75 Å². The molecule has 2 aliphatic rings. The van der Waals surface area contributed by atoms with Gasteiger partial charge in [-0.3, -0.25) is 9.69 Å². The molecule has 2 heterocycles. The monoisotopic (exact) mass is 424 g/mol. The van der Waals surface area contributed by atoms with Crippen molar-refractivity contribution in [1.29, 1.82) is 0 Å². The molecule has 0 bridgehead atoms. The summed E-state index contributed by atoms with van der Waals surface area (Å²) in [5.74, 6) is 0.462. The summed E-state index contributed by atoms with van der Waals surface area (Å²) in [6, 6.07) is 4.95. The number of benzene rings is 1. The summed E-state index contributed by atoms with van der Waals surface area (Å²) < 4.78 is 11.2. The summed E-state index contributed by atoms with van der Waals surface area (Å²) in [5, 5.41) is 0.618. The molecule has 1 unspecified atom stereocenters. The van der Waals surface area contributed by atoms with E-state index in [1.54, 1.807) is 31.9 Å². The average molecular weight is 425 g/mol. The van der Waals surface area contributed by atoms with Crippen molar-refractivity contribution in [3.63, 3.8) is 0 Å². The van der Waals surface area contributed by atoms with Gasteiger partial charge in [-0.15, -0.1) is 0 Å². The van der Waals surface area contributed by atoms with Crippen molar-refractivity contribution >= 4 is 44.7 Å². The van der Waals surface area contributed by atoms with Crippen LogP contribution < -0.4 is 4.74 Å². The van der Waals surface area contributed by atoms with Gasteiger partial charge in [0.25, 0.3) is 0 Å². The van der Waals surface area contributed by atoms with Crippen molar-refractivity contribution in [1.82, 2.24) is 4.90 Å². The van der Waals surface area contributed by atoms with E-state index in [-0.39, 0.29) is 12.5 Å². The Morgan fingerprint density at radius 3 is 2.88 bits per heavy atom. The number of halogens is 1.